The van der Waals surface area contributed by atoms with Crippen LogP contribution in [0.25, 0.3) is 0 Å². The van der Waals surface area contributed by atoms with Gasteiger partial charge in [-0.15, -0.1) is 0 Å². The zero-order chi connectivity index (χ0) is 8.69. The van der Waals surface area contributed by atoms with Crippen molar-refractivity contribution in [2.45, 2.75) is 19.3 Å². The van der Waals surface area contributed by atoms with E-state index >= 15 is 0 Å². The van der Waals surface area contributed by atoms with E-state index < -0.39 is 11.9 Å². The van der Waals surface area contributed by atoms with Crippen molar-refractivity contribution in [1.29, 1.82) is 5.26 Å². The predicted octanol–water partition coefficient (Wildman–Crippen LogP) is 0.580. The van der Waals surface area contributed by atoms with Crippen molar-refractivity contribution in [1.82, 2.24) is 0 Å². The number of nitrogens with zero attached hydrogens (tertiary/aromatic N) is 1. The summed E-state index contributed by atoms with van der Waals surface area (Å²) >= 11 is 0. The lowest BCUT2D eigenvalue weighted by Crippen LogP contribution is -2.10. The summed E-state index contributed by atoms with van der Waals surface area (Å²) in [6.45, 7) is 0. The number of carbonyl (C=O) groups excluding carboxylic acids is 1. The molecule has 11 heavy (non-hydrogen) atoms. The van der Waals surface area contributed by atoms with Gasteiger partial charge in [-0.2, -0.15) is 5.26 Å². The summed E-state index contributed by atoms with van der Waals surface area (Å²) in [5.41, 5.74) is 0. The van der Waals surface area contributed by atoms with Crippen molar-refractivity contribution in [2.24, 2.45) is 5.92 Å². The Hall–Kier alpha value is -1.37. The summed E-state index contributed by atoms with van der Waals surface area (Å²) in [5, 5.41) is 16.6. The van der Waals surface area contributed by atoms with E-state index in [0.717, 1.165) is 6.29 Å². The summed E-state index contributed by atoms with van der Waals surface area (Å²) in [7, 11) is 0. The van der Waals surface area contributed by atoms with E-state index in [4.69, 9.17) is 10.4 Å². The van der Waals surface area contributed by atoms with E-state index in [2.05, 4.69) is 0 Å². The molecule has 0 radical (unpaired) electrons. The van der Waals surface area contributed by atoms with E-state index in [9.17, 15) is 9.59 Å². The van der Waals surface area contributed by atoms with Crippen LogP contribution in [0.1, 0.15) is 19.3 Å². The molecule has 0 saturated heterocycles. The first kappa shape index (κ1) is 9.63. The molecule has 0 aliphatic heterocycles. The summed E-state index contributed by atoms with van der Waals surface area (Å²) in [6.07, 6.45) is 1.76. The summed E-state index contributed by atoms with van der Waals surface area (Å²) in [6, 6.07) is 1.64. The van der Waals surface area contributed by atoms with Gasteiger partial charge in [0.1, 0.15) is 12.2 Å². The number of carboxylic acid groups (broad SMARTS) is 1. The minimum atomic E-state index is -1.11. The van der Waals surface area contributed by atoms with E-state index in [1.54, 1.807) is 6.07 Å². The Morgan fingerprint density at radius 3 is 2.73 bits per heavy atom. The lowest BCUT2D eigenvalue weighted by molar-refractivity contribution is -0.140. The van der Waals surface area contributed by atoms with Gasteiger partial charge in [0.05, 0.1) is 6.07 Å². The third-order valence-electron chi connectivity index (χ3n) is 1.27. The lowest BCUT2D eigenvalue weighted by atomic mass is 10.0. The van der Waals surface area contributed by atoms with Crippen LogP contribution in [0.3, 0.4) is 0 Å². The van der Waals surface area contributed by atoms with Crippen LogP contribution in [-0.4, -0.2) is 17.4 Å². The van der Waals surface area contributed by atoms with Crippen LogP contribution in [0.4, 0.5) is 0 Å². The van der Waals surface area contributed by atoms with Gasteiger partial charge in [0, 0.05) is 6.42 Å². The fourth-order valence-electron chi connectivity index (χ4n) is 0.649. The first-order valence-electron chi connectivity index (χ1n) is 3.28. The highest BCUT2D eigenvalue weighted by Gasteiger charge is 2.14. The lowest BCUT2D eigenvalue weighted by Gasteiger charge is -1.99. The Morgan fingerprint density at radius 2 is 2.36 bits per heavy atom. The Labute approximate surface area is 64.4 Å². The molecule has 0 fully saturated rings. The van der Waals surface area contributed by atoms with Crippen molar-refractivity contribution in [2.75, 3.05) is 0 Å². The molecule has 0 aliphatic rings. The third kappa shape index (κ3) is 4.09. The maximum Gasteiger partial charge on any atom is 0.320 e. The van der Waals surface area contributed by atoms with Crippen LogP contribution < -0.4 is 0 Å². The summed E-state index contributed by atoms with van der Waals surface area (Å²) in [4.78, 5) is 20.0. The van der Waals surface area contributed by atoms with Crippen LogP contribution in [0.5, 0.6) is 0 Å². The molecule has 0 saturated carbocycles. The van der Waals surface area contributed by atoms with Crippen LogP contribution in [0.15, 0.2) is 0 Å². The molecule has 0 aromatic heterocycles. The summed E-state index contributed by atoms with van der Waals surface area (Å²) in [5.74, 6) is -2.08. The number of aliphatic carboxylic acids is 1. The average molecular weight is 155 g/mol. The highest BCUT2D eigenvalue weighted by molar-refractivity contribution is 5.72. The number of nitriles is 1. The molecule has 0 aromatic carbocycles. The van der Waals surface area contributed by atoms with E-state index in [-0.39, 0.29) is 6.42 Å². The van der Waals surface area contributed by atoms with Crippen LogP contribution in [0.2, 0.25) is 0 Å². The fourth-order valence-corrected chi connectivity index (χ4v) is 0.649. The molecule has 1 N–H and O–H groups in total. The second kappa shape index (κ2) is 5.42. The van der Waals surface area contributed by atoms with Gasteiger partial charge < -0.3 is 9.90 Å². The third-order valence-corrected chi connectivity index (χ3v) is 1.27. The number of rotatable bonds is 5. The standard InChI is InChI=1S/C7H9NO3/c8-5-6(7(10)11)3-1-2-4-9/h4,6H,1-3H2,(H,10,11). The topological polar surface area (TPSA) is 78.2 Å². The monoisotopic (exact) mass is 155 g/mol. The van der Waals surface area contributed by atoms with Gasteiger partial charge in [0.2, 0.25) is 0 Å². The molecule has 0 spiro atoms. The molecular formula is C7H9NO3. The molecule has 4 nitrogen and oxygen atoms in total. The second-order valence-electron chi connectivity index (χ2n) is 2.12. The van der Waals surface area contributed by atoms with Gasteiger partial charge in [-0.05, 0) is 12.8 Å². The van der Waals surface area contributed by atoms with Gasteiger partial charge in [0.25, 0.3) is 0 Å². The first-order chi connectivity index (χ1) is 5.22. The van der Waals surface area contributed by atoms with Gasteiger partial charge in [0.15, 0.2) is 0 Å². The molecule has 0 aliphatic carbocycles. The van der Waals surface area contributed by atoms with E-state index in [0.29, 0.717) is 12.8 Å². The van der Waals surface area contributed by atoms with Crippen molar-refractivity contribution in [3.8, 4) is 6.07 Å². The second-order valence-corrected chi connectivity index (χ2v) is 2.12. The molecule has 0 aromatic rings. The number of carboxylic acids is 1. The van der Waals surface area contributed by atoms with Gasteiger partial charge >= 0.3 is 5.97 Å². The van der Waals surface area contributed by atoms with Gasteiger partial charge in [-0.3, -0.25) is 4.79 Å². The smallest absolute Gasteiger partial charge is 0.320 e. The van der Waals surface area contributed by atoms with Crippen molar-refractivity contribution in [3.05, 3.63) is 0 Å². The molecule has 1 unspecified atom stereocenters. The maximum absolute atomic E-state index is 10.2. The normalized spacial score (nSPS) is 11.5. The van der Waals surface area contributed by atoms with Crippen LogP contribution in [0, 0.1) is 17.2 Å². The number of hydrogen-bond donors (Lipinski definition) is 1. The first-order valence-corrected chi connectivity index (χ1v) is 3.28. The van der Waals surface area contributed by atoms with Crippen molar-refractivity contribution in [3.63, 3.8) is 0 Å². The van der Waals surface area contributed by atoms with Crippen molar-refractivity contribution < 1.29 is 14.7 Å². The van der Waals surface area contributed by atoms with E-state index in [1.165, 1.54) is 0 Å². The molecule has 0 rings (SSSR count). The molecule has 0 heterocycles. The molecule has 4 heteroatoms. The minimum absolute atomic E-state index is 0.255. The Bertz CT molecular complexity index is 183. The van der Waals surface area contributed by atoms with Crippen LogP contribution in [-0.2, 0) is 9.59 Å². The molecule has 1 atom stereocenters. The summed E-state index contributed by atoms with van der Waals surface area (Å²) < 4.78 is 0. The molecule has 60 valence electrons. The quantitative estimate of drug-likeness (QED) is 0.465. The molecule has 0 amide bonds. The SMILES string of the molecule is N#CC(CCCC=O)C(=O)O. The van der Waals surface area contributed by atoms with E-state index in [1.807, 2.05) is 0 Å². The fraction of sp³-hybridized carbons (Fsp3) is 0.571. The Kier molecular flexibility index (Phi) is 4.74. The maximum atomic E-state index is 10.2. The van der Waals surface area contributed by atoms with Crippen LogP contribution >= 0.6 is 0 Å². The Balaban J connectivity index is 3.63. The van der Waals surface area contributed by atoms with Gasteiger partial charge in [-0.25, -0.2) is 0 Å². The Morgan fingerprint density at radius 1 is 1.73 bits per heavy atom. The van der Waals surface area contributed by atoms with Gasteiger partial charge in [-0.1, -0.05) is 0 Å². The highest BCUT2D eigenvalue weighted by atomic mass is 16.4. The van der Waals surface area contributed by atoms with Crippen molar-refractivity contribution >= 4 is 12.3 Å². The zero-order valence-electron chi connectivity index (χ0n) is 5.99. The largest absolute Gasteiger partial charge is 0.480 e. The number of hydrogen-bond acceptors (Lipinski definition) is 3. The predicted molar refractivity (Wildman–Crippen MR) is 36.7 cm³/mol. The molecular weight excluding hydrogens is 146 g/mol. The number of carbonyl (C=O) groups is 2. The number of aldehydes is 1. The highest BCUT2D eigenvalue weighted by Crippen LogP contribution is 2.06. The zero-order valence-corrected chi connectivity index (χ0v) is 5.99. The number of unbranched alkanes of at least 4 members (excludes halogenated alkanes) is 1. The average Bonchev–Trinajstić information content (AvgIpc) is 1.97. The molecule has 0 bridgehead atoms. The minimum Gasteiger partial charge on any atom is -0.480 e.